The first-order valence-corrected chi connectivity index (χ1v) is 5.60. The fourth-order valence-corrected chi connectivity index (χ4v) is 2.53. The molecule has 18 heavy (non-hydrogen) atoms. The molecule has 0 spiro atoms. The van der Waals surface area contributed by atoms with E-state index >= 15 is 0 Å². The van der Waals surface area contributed by atoms with Gasteiger partial charge in [0.15, 0.2) is 0 Å². The van der Waals surface area contributed by atoms with Crippen LogP contribution in [0.3, 0.4) is 0 Å². The van der Waals surface area contributed by atoms with Gasteiger partial charge in [-0.3, -0.25) is 24.1 Å². The summed E-state index contributed by atoms with van der Waals surface area (Å²) in [6, 6.07) is 0. The van der Waals surface area contributed by atoms with Gasteiger partial charge in [-0.25, -0.2) is 0 Å². The Morgan fingerprint density at radius 3 is 2.22 bits per heavy atom. The molecule has 1 aliphatic heterocycles. The second kappa shape index (κ2) is 3.79. The first-order valence-electron chi connectivity index (χ1n) is 5.60. The highest BCUT2D eigenvalue weighted by Crippen LogP contribution is 2.63. The van der Waals surface area contributed by atoms with Gasteiger partial charge in [0.25, 0.3) is 0 Å². The monoisotopic (exact) mass is 254 g/mol. The van der Waals surface area contributed by atoms with E-state index in [0.717, 1.165) is 4.90 Å². The third kappa shape index (κ3) is 1.75. The minimum absolute atomic E-state index is 0.303. The molecule has 2 aliphatic rings. The van der Waals surface area contributed by atoms with E-state index in [2.05, 4.69) is 5.32 Å². The summed E-state index contributed by atoms with van der Waals surface area (Å²) in [6.45, 7) is 2.78. The zero-order valence-corrected chi connectivity index (χ0v) is 10.1. The van der Waals surface area contributed by atoms with Crippen molar-refractivity contribution < 1.29 is 24.3 Å². The molecule has 2 N–H and O–H groups in total. The van der Waals surface area contributed by atoms with Gasteiger partial charge in [0.05, 0.1) is 11.8 Å². The van der Waals surface area contributed by atoms with Crippen LogP contribution in [-0.4, -0.2) is 46.8 Å². The second-order valence-electron chi connectivity index (χ2n) is 5.21. The van der Waals surface area contributed by atoms with E-state index in [1.54, 1.807) is 0 Å². The lowest BCUT2D eigenvalue weighted by Gasteiger charge is -2.19. The molecule has 1 aliphatic carbocycles. The van der Waals surface area contributed by atoms with Crippen molar-refractivity contribution in [3.05, 3.63) is 0 Å². The predicted molar refractivity (Wildman–Crippen MR) is 58.1 cm³/mol. The van der Waals surface area contributed by atoms with Crippen molar-refractivity contribution in [3.8, 4) is 0 Å². The molecule has 0 bridgehead atoms. The zero-order chi connectivity index (χ0) is 13.7. The SMILES string of the molecule is CC1(C)C2C(=O)N(CC(=O)NCC(=O)O)C(=O)C21. The number of rotatable bonds is 4. The minimum atomic E-state index is -1.17. The Labute approximate surface area is 103 Å². The van der Waals surface area contributed by atoms with Crippen molar-refractivity contribution in [2.24, 2.45) is 17.3 Å². The Morgan fingerprint density at radius 1 is 1.28 bits per heavy atom. The molecule has 0 aromatic rings. The summed E-state index contributed by atoms with van der Waals surface area (Å²) in [4.78, 5) is 46.2. The summed E-state index contributed by atoms with van der Waals surface area (Å²) in [5, 5.41) is 10.5. The minimum Gasteiger partial charge on any atom is -0.480 e. The number of nitrogens with zero attached hydrogens (tertiary/aromatic N) is 1. The number of likely N-dealkylation sites (tertiary alicyclic amines) is 1. The Hall–Kier alpha value is -1.92. The van der Waals surface area contributed by atoms with Gasteiger partial charge in [0.2, 0.25) is 17.7 Å². The highest BCUT2D eigenvalue weighted by atomic mass is 16.4. The molecule has 2 fully saturated rings. The standard InChI is InChI=1S/C11H14N2O5/c1-11(2)7-8(11)10(18)13(9(7)17)4-5(14)12-3-6(15)16/h7-8H,3-4H2,1-2H3,(H,12,14)(H,15,16). The number of hydrogen-bond donors (Lipinski definition) is 2. The number of carbonyl (C=O) groups is 4. The first-order chi connectivity index (χ1) is 8.26. The highest BCUT2D eigenvalue weighted by Gasteiger charge is 2.72. The number of carboxylic acid groups (broad SMARTS) is 1. The van der Waals surface area contributed by atoms with Crippen LogP contribution in [0, 0.1) is 17.3 Å². The van der Waals surface area contributed by atoms with Gasteiger partial charge in [-0.15, -0.1) is 0 Å². The van der Waals surface area contributed by atoms with Gasteiger partial charge in [0, 0.05) is 0 Å². The molecule has 7 nitrogen and oxygen atoms in total. The number of nitrogens with one attached hydrogen (secondary N) is 1. The number of hydrogen-bond acceptors (Lipinski definition) is 4. The Balaban J connectivity index is 1.93. The van der Waals surface area contributed by atoms with Gasteiger partial charge >= 0.3 is 5.97 Å². The number of carbonyl (C=O) groups excluding carboxylic acids is 3. The van der Waals surface area contributed by atoms with E-state index in [0.29, 0.717) is 0 Å². The normalized spacial score (nSPS) is 28.0. The van der Waals surface area contributed by atoms with Crippen molar-refractivity contribution in [2.75, 3.05) is 13.1 Å². The number of fused-ring (bicyclic) bond motifs is 1. The van der Waals surface area contributed by atoms with Gasteiger partial charge in [0.1, 0.15) is 13.1 Å². The maximum atomic E-state index is 11.9. The van der Waals surface area contributed by atoms with Crippen molar-refractivity contribution in [1.29, 1.82) is 0 Å². The molecule has 2 atom stereocenters. The molecule has 0 radical (unpaired) electrons. The lowest BCUT2D eigenvalue weighted by molar-refractivity contribution is -0.146. The quantitative estimate of drug-likeness (QED) is 0.615. The molecule has 2 unspecified atom stereocenters. The van der Waals surface area contributed by atoms with E-state index < -0.39 is 25.0 Å². The number of imide groups is 1. The van der Waals surface area contributed by atoms with Gasteiger partial charge in [-0.2, -0.15) is 0 Å². The summed E-state index contributed by atoms with van der Waals surface area (Å²) in [6.07, 6.45) is 0. The predicted octanol–water partition coefficient (Wildman–Crippen LogP) is -1.17. The molecular formula is C11H14N2O5. The van der Waals surface area contributed by atoms with E-state index in [1.807, 2.05) is 13.8 Å². The van der Waals surface area contributed by atoms with E-state index in [-0.39, 0.29) is 29.1 Å². The summed E-state index contributed by atoms with van der Waals surface area (Å²) in [5.74, 6) is -3.12. The summed E-state index contributed by atoms with van der Waals surface area (Å²) in [7, 11) is 0. The lowest BCUT2D eigenvalue weighted by atomic mass is 10.1. The Bertz CT molecular complexity index is 432. The van der Waals surface area contributed by atoms with Gasteiger partial charge in [-0.05, 0) is 5.41 Å². The third-order valence-electron chi connectivity index (χ3n) is 3.63. The summed E-state index contributed by atoms with van der Waals surface area (Å²) in [5.41, 5.74) is -0.303. The summed E-state index contributed by atoms with van der Waals surface area (Å²) < 4.78 is 0. The lowest BCUT2D eigenvalue weighted by Crippen LogP contribution is -2.44. The van der Waals surface area contributed by atoms with Crippen LogP contribution in [0.2, 0.25) is 0 Å². The molecule has 2 rings (SSSR count). The van der Waals surface area contributed by atoms with E-state index in [9.17, 15) is 19.2 Å². The fraction of sp³-hybridized carbons (Fsp3) is 0.636. The van der Waals surface area contributed by atoms with Crippen LogP contribution >= 0.6 is 0 Å². The van der Waals surface area contributed by atoms with Crippen LogP contribution in [-0.2, 0) is 19.2 Å². The molecular weight excluding hydrogens is 240 g/mol. The molecule has 1 saturated carbocycles. The highest BCUT2D eigenvalue weighted by molar-refractivity contribution is 6.12. The number of piperidine rings is 1. The molecule has 7 heteroatoms. The molecule has 0 aromatic carbocycles. The van der Waals surface area contributed by atoms with Crippen LogP contribution in [0.1, 0.15) is 13.8 Å². The van der Waals surface area contributed by atoms with Crippen LogP contribution < -0.4 is 5.32 Å². The van der Waals surface area contributed by atoms with Gasteiger partial charge < -0.3 is 10.4 Å². The average molecular weight is 254 g/mol. The number of aliphatic carboxylic acids is 1. The first kappa shape index (κ1) is 12.5. The third-order valence-corrected chi connectivity index (χ3v) is 3.63. The Morgan fingerprint density at radius 2 is 1.78 bits per heavy atom. The number of amides is 3. The number of carboxylic acids is 1. The van der Waals surface area contributed by atoms with Crippen molar-refractivity contribution in [1.82, 2.24) is 10.2 Å². The molecule has 1 heterocycles. The van der Waals surface area contributed by atoms with Crippen molar-refractivity contribution in [2.45, 2.75) is 13.8 Å². The maximum absolute atomic E-state index is 11.9. The topological polar surface area (TPSA) is 104 Å². The fourth-order valence-electron chi connectivity index (χ4n) is 2.53. The second-order valence-corrected chi connectivity index (χ2v) is 5.21. The van der Waals surface area contributed by atoms with Gasteiger partial charge in [-0.1, -0.05) is 13.8 Å². The Kier molecular flexibility index (Phi) is 2.64. The van der Waals surface area contributed by atoms with Crippen molar-refractivity contribution in [3.63, 3.8) is 0 Å². The molecule has 3 amide bonds. The summed E-state index contributed by atoms with van der Waals surface area (Å²) >= 11 is 0. The van der Waals surface area contributed by atoms with Crippen LogP contribution in [0.15, 0.2) is 0 Å². The molecule has 1 saturated heterocycles. The largest absolute Gasteiger partial charge is 0.480 e. The molecule has 98 valence electrons. The maximum Gasteiger partial charge on any atom is 0.322 e. The molecule has 0 aromatic heterocycles. The van der Waals surface area contributed by atoms with Crippen LogP contribution in [0.5, 0.6) is 0 Å². The average Bonchev–Trinajstić information content (AvgIpc) is 2.73. The smallest absolute Gasteiger partial charge is 0.322 e. The van der Waals surface area contributed by atoms with E-state index in [1.165, 1.54) is 0 Å². The van der Waals surface area contributed by atoms with Crippen LogP contribution in [0.25, 0.3) is 0 Å². The van der Waals surface area contributed by atoms with Crippen LogP contribution in [0.4, 0.5) is 0 Å². The zero-order valence-electron chi connectivity index (χ0n) is 10.1. The van der Waals surface area contributed by atoms with Crippen molar-refractivity contribution >= 4 is 23.7 Å². The van der Waals surface area contributed by atoms with E-state index in [4.69, 9.17) is 5.11 Å².